The fraction of sp³-hybridized carbons (Fsp3) is 0.278. The smallest absolute Gasteiger partial charge is 0.252 e. The molecule has 0 saturated heterocycles. The molecule has 0 aromatic heterocycles. The second kappa shape index (κ2) is 6.81. The third-order valence-corrected chi connectivity index (χ3v) is 4.56. The van der Waals surface area contributed by atoms with Gasteiger partial charge in [0.1, 0.15) is 0 Å². The Balaban J connectivity index is 2.12. The molecule has 0 radical (unpaired) electrons. The molecule has 1 atom stereocenters. The molecule has 0 aliphatic heterocycles. The zero-order valence-corrected chi connectivity index (χ0v) is 13.8. The van der Waals surface area contributed by atoms with Crippen LogP contribution in [-0.2, 0) is 0 Å². The Kier molecular flexibility index (Phi) is 5.07. The van der Waals surface area contributed by atoms with E-state index >= 15 is 0 Å². The molecule has 2 nitrogen and oxygen atoms in total. The van der Waals surface area contributed by atoms with Crippen LogP contribution >= 0.6 is 11.8 Å². The number of hydrogen-bond acceptors (Lipinski definition) is 2. The number of rotatable bonds is 4. The maximum Gasteiger partial charge on any atom is 0.252 e. The van der Waals surface area contributed by atoms with Crippen LogP contribution in [0.1, 0.15) is 40.0 Å². The number of carbonyl (C=O) groups is 1. The molecule has 1 unspecified atom stereocenters. The molecule has 2 aromatic carbocycles. The van der Waals surface area contributed by atoms with Crippen LogP contribution in [0.2, 0.25) is 0 Å². The summed E-state index contributed by atoms with van der Waals surface area (Å²) in [6, 6.07) is 14.1. The third-order valence-electron chi connectivity index (χ3n) is 3.81. The highest BCUT2D eigenvalue weighted by atomic mass is 32.2. The van der Waals surface area contributed by atoms with E-state index < -0.39 is 0 Å². The Morgan fingerprint density at radius 2 is 1.76 bits per heavy atom. The predicted octanol–water partition coefficient (Wildman–Crippen LogP) is 4.52. The van der Waals surface area contributed by atoms with Gasteiger partial charge in [0, 0.05) is 10.5 Å². The first-order valence-corrected chi connectivity index (χ1v) is 8.26. The van der Waals surface area contributed by atoms with E-state index in [2.05, 4.69) is 35.8 Å². The Morgan fingerprint density at radius 3 is 2.38 bits per heavy atom. The Hall–Kier alpha value is -1.74. The summed E-state index contributed by atoms with van der Waals surface area (Å²) in [6.07, 6.45) is 2.06. The summed E-state index contributed by atoms with van der Waals surface area (Å²) >= 11 is 1.72. The van der Waals surface area contributed by atoms with Gasteiger partial charge < -0.3 is 5.32 Å². The molecule has 0 aliphatic rings. The highest BCUT2D eigenvalue weighted by Gasteiger charge is 2.14. The lowest BCUT2D eigenvalue weighted by molar-refractivity contribution is 0.0939. The van der Waals surface area contributed by atoms with Crippen LogP contribution < -0.4 is 5.32 Å². The summed E-state index contributed by atoms with van der Waals surface area (Å²) in [5.74, 6) is -0.0161. The molecule has 1 N–H and O–H groups in total. The molecule has 0 saturated carbocycles. The lowest BCUT2D eigenvalue weighted by atomic mass is 10.0. The van der Waals surface area contributed by atoms with E-state index in [1.165, 1.54) is 4.90 Å². The van der Waals surface area contributed by atoms with Crippen molar-refractivity contribution in [3.05, 3.63) is 64.7 Å². The van der Waals surface area contributed by atoms with Crippen molar-refractivity contribution in [2.45, 2.75) is 31.7 Å². The molecular formula is C18H21NOS. The van der Waals surface area contributed by atoms with Crippen molar-refractivity contribution in [3.8, 4) is 0 Å². The number of benzene rings is 2. The highest BCUT2D eigenvalue weighted by molar-refractivity contribution is 7.98. The lowest BCUT2D eigenvalue weighted by Crippen LogP contribution is -2.27. The Labute approximate surface area is 131 Å². The van der Waals surface area contributed by atoms with Gasteiger partial charge in [-0.15, -0.1) is 11.8 Å². The van der Waals surface area contributed by atoms with E-state index in [1.807, 2.05) is 39.0 Å². The fourth-order valence-electron chi connectivity index (χ4n) is 2.25. The minimum atomic E-state index is -0.0161. The van der Waals surface area contributed by atoms with Crippen molar-refractivity contribution >= 4 is 17.7 Å². The van der Waals surface area contributed by atoms with Gasteiger partial charge in [0.15, 0.2) is 0 Å². The molecule has 0 heterocycles. The average Bonchev–Trinajstić information content (AvgIpc) is 2.50. The first-order chi connectivity index (χ1) is 10.0. The van der Waals surface area contributed by atoms with Crippen molar-refractivity contribution < 1.29 is 4.79 Å². The normalized spacial score (nSPS) is 12.0. The van der Waals surface area contributed by atoms with Gasteiger partial charge in [-0.2, -0.15) is 0 Å². The van der Waals surface area contributed by atoms with Gasteiger partial charge in [-0.3, -0.25) is 4.79 Å². The maximum atomic E-state index is 12.4. The summed E-state index contributed by atoms with van der Waals surface area (Å²) in [5.41, 5.74) is 4.05. The van der Waals surface area contributed by atoms with E-state index in [0.717, 1.165) is 22.3 Å². The largest absolute Gasteiger partial charge is 0.346 e. The van der Waals surface area contributed by atoms with Crippen molar-refractivity contribution in [1.29, 1.82) is 0 Å². The van der Waals surface area contributed by atoms with Gasteiger partial charge in [0.05, 0.1) is 6.04 Å². The molecule has 2 rings (SSSR count). The van der Waals surface area contributed by atoms with Crippen molar-refractivity contribution in [1.82, 2.24) is 5.32 Å². The summed E-state index contributed by atoms with van der Waals surface area (Å²) in [6.45, 7) is 6.02. The van der Waals surface area contributed by atoms with Crippen LogP contribution in [0.15, 0.2) is 47.4 Å². The van der Waals surface area contributed by atoms with Crippen molar-refractivity contribution in [3.63, 3.8) is 0 Å². The molecule has 0 bridgehead atoms. The second-order valence-corrected chi connectivity index (χ2v) is 6.10. The van der Waals surface area contributed by atoms with Crippen LogP contribution in [0.3, 0.4) is 0 Å². The van der Waals surface area contributed by atoms with Gasteiger partial charge in [0.25, 0.3) is 5.91 Å². The summed E-state index contributed by atoms with van der Waals surface area (Å²) in [7, 11) is 0. The van der Waals surface area contributed by atoms with E-state index in [0.29, 0.717) is 0 Å². The van der Waals surface area contributed by atoms with E-state index in [9.17, 15) is 4.79 Å². The number of aryl methyl sites for hydroxylation is 1. The molecular weight excluding hydrogens is 278 g/mol. The first kappa shape index (κ1) is 15.6. The number of amides is 1. The van der Waals surface area contributed by atoms with Gasteiger partial charge >= 0.3 is 0 Å². The highest BCUT2D eigenvalue weighted by Crippen LogP contribution is 2.20. The van der Waals surface area contributed by atoms with Crippen LogP contribution in [0.25, 0.3) is 0 Å². The Bertz CT molecular complexity index is 634. The zero-order valence-electron chi connectivity index (χ0n) is 12.9. The minimum Gasteiger partial charge on any atom is -0.346 e. The van der Waals surface area contributed by atoms with Crippen LogP contribution in [-0.4, -0.2) is 12.2 Å². The molecule has 0 fully saturated rings. The molecule has 1 amide bonds. The standard InChI is InChI=1S/C18H21NOS/c1-12-6-5-7-17(13(12)2)18(20)19-14(3)15-8-10-16(21-4)11-9-15/h5-11,14H,1-4H3,(H,19,20). The summed E-state index contributed by atoms with van der Waals surface area (Å²) in [5, 5.41) is 3.07. The van der Waals surface area contributed by atoms with Gasteiger partial charge in [-0.05, 0) is 61.9 Å². The van der Waals surface area contributed by atoms with Gasteiger partial charge in [-0.25, -0.2) is 0 Å². The number of hydrogen-bond donors (Lipinski definition) is 1. The van der Waals surface area contributed by atoms with E-state index in [-0.39, 0.29) is 11.9 Å². The molecule has 0 aliphatic carbocycles. The van der Waals surface area contributed by atoms with E-state index in [4.69, 9.17) is 0 Å². The van der Waals surface area contributed by atoms with Gasteiger partial charge in [0.2, 0.25) is 0 Å². The zero-order chi connectivity index (χ0) is 15.4. The molecule has 3 heteroatoms. The summed E-state index contributed by atoms with van der Waals surface area (Å²) < 4.78 is 0. The number of nitrogens with one attached hydrogen (secondary N) is 1. The molecule has 0 spiro atoms. The van der Waals surface area contributed by atoms with Crippen LogP contribution in [0.4, 0.5) is 0 Å². The quantitative estimate of drug-likeness (QED) is 0.841. The van der Waals surface area contributed by atoms with Crippen LogP contribution in [0.5, 0.6) is 0 Å². The predicted molar refractivity (Wildman–Crippen MR) is 90.0 cm³/mol. The SMILES string of the molecule is CSc1ccc(C(C)NC(=O)c2cccc(C)c2C)cc1. The topological polar surface area (TPSA) is 29.1 Å². The molecule has 2 aromatic rings. The van der Waals surface area contributed by atoms with Crippen LogP contribution in [0, 0.1) is 13.8 Å². The molecule has 21 heavy (non-hydrogen) atoms. The lowest BCUT2D eigenvalue weighted by Gasteiger charge is -2.16. The van der Waals surface area contributed by atoms with E-state index in [1.54, 1.807) is 11.8 Å². The second-order valence-electron chi connectivity index (χ2n) is 5.22. The average molecular weight is 299 g/mol. The Morgan fingerprint density at radius 1 is 1.10 bits per heavy atom. The van der Waals surface area contributed by atoms with Crippen molar-refractivity contribution in [2.75, 3.05) is 6.26 Å². The third kappa shape index (κ3) is 3.67. The maximum absolute atomic E-state index is 12.4. The first-order valence-electron chi connectivity index (χ1n) is 7.04. The number of thioether (sulfide) groups is 1. The molecule has 110 valence electrons. The van der Waals surface area contributed by atoms with Gasteiger partial charge in [-0.1, -0.05) is 24.3 Å². The van der Waals surface area contributed by atoms with Crippen molar-refractivity contribution in [2.24, 2.45) is 0 Å². The number of carbonyl (C=O) groups excluding carboxylic acids is 1. The minimum absolute atomic E-state index is 0.00619. The monoisotopic (exact) mass is 299 g/mol. The fourth-order valence-corrected chi connectivity index (χ4v) is 2.66. The summed E-state index contributed by atoms with van der Waals surface area (Å²) in [4.78, 5) is 13.6.